The van der Waals surface area contributed by atoms with Crippen molar-refractivity contribution in [3.63, 3.8) is 0 Å². The summed E-state index contributed by atoms with van der Waals surface area (Å²) in [5, 5.41) is 0. The summed E-state index contributed by atoms with van der Waals surface area (Å²) in [4.78, 5) is 0. The van der Waals surface area contributed by atoms with Crippen molar-refractivity contribution in [2.24, 2.45) is 0 Å². The van der Waals surface area contributed by atoms with Gasteiger partial charge in [0.25, 0.3) is 0 Å². The second kappa shape index (κ2) is 13.1. The zero-order chi connectivity index (χ0) is 14.4. The molecule has 0 radical (unpaired) electrons. The zero-order valence-corrected chi connectivity index (χ0v) is 14.3. The maximum absolute atomic E-state index is 5.85. The van der Waals surface area contributed by atoms with Crippen LogP contribution in [0, 0.1) is 0 Å². The molecule has 0 bridgehead atoms. The quantitative estimate of drug-likeness (QED) is 0.270. The van der Waals surface area contributed by atoms with Gasteiger partial charge in [-0.25, -0.2) is 0 Å². The SMILES string of the molecule is C=C[O][Ti]([O]CCCC)([O]CCCC)[O]CCCC. The molecule has 0 fully saturated rings. The standard InChI is InChI=1S/3C4H9O.C2H4O.Ti/c3*1-2-3-4-5;1-2-3;/h3*2-4H2,1H3;2-3H,1H2;/q3*-1;;+4/p-1. The molecule has 19 heavy (non-hydrogen) atoms. The van der Waals surface area contributed by atoms with Crippen molar-refractivity contribution in [2.45, 2.75) is 59.3 Å². The van der Waals surface area contributed by atoms with Gasteiger partial charge in [-0.05, 0) is 0 Å². The van der Waals surface area contributed by atoms with Crippen LogP contribution < -0.4 is 0 Å². The summed E-state index contributed by atoms with van der Waals surface area (Å²) in [6.45, 7) is 11.9. The maximum atomic E-state index is 5.85. The van der Waals surface area contributed by atoms with E-state index in [4.69, 9.17) is 13.3 Å². The van der Waals surface area contributed by atoms with E-state index in [2.05, 4.69) is 27.4 Å². The Morgan fingerprint density at radius 3 is 1.42 bits per heavy atom. The molecule has 5 heteroatoms. The number of rotatable bonds is 14. The van der Waals surface area contributed by atoms with E-state index < -0.39 is 18.1 Å². The molecule has 0 aromatic carbocycles. The van der Waals surface area contributed by atoms with E-state index in [0.29, 0.717) is 19.8 Å². The van der Waals surface area contributed by atoms with Crippen molar-refractivity contribution in [1.82, 2.24) is 0 Å². The predicted octanol–water partition coefficient (Wildman–Crippen LogP) is 4.41. The molecule has 114 valence electrons. The van der Waals surface area contributed by atoms with Gasteiger partial charge in [-0.3, -0.25) is 0 Å². The first-order valence-corrected chi connectivity index (χ1v) is 10.00. The molecule has 0 aromatic heterocycles. The molecular formula is C14H30O4Ti. The van der Waals surface area contributed by atoms with Crippen molar-refractivity contribution < 1.29 is 31.4 Å². The fourth-order valence-corrected chi connectivity index (χ4v) is 4.23. The molecule has 4 nitrogen and oxygen atoms in total. The normalized spacial score (nSPS) is 11.5. The van der Waals surface area contributed by atoms with Gasteiger partial charge in [0.05, 0.1) is 0 Å². The third-order valence-corrected chi connectivity index (χ3v) is 5.88. The summed E-state index contributed by atoms with van der Waals surface area (Å²) in [5.74, 6) is 0. The Morgan fingerprint density at radius 2 is 1.16 bits per heavy atom. The topological polar surface area (TPSA) is 36.9 Å². The first-order valence-electron chi connectivity index (χ1n) is 7.45. The van der Waals surface area contributed by atoms with E-state index in [0.717, 1.165) is 38.5 Å². The van der Waals surface area contributed by atoms with Crippen LogP contribution in [0.15, 0.2) is 12.8 Å². The van der Waals surface area contributed by atoms with E-state index in [-0.39, 0.29) is 0 Å². The molecule has 0 spiro atoms. The van der Waals surface area contributed by atoms with Gasteiger partial charge in [-0.2, -0.15) is 0 Å². The summed E-state index contributed by atoms with van der Waals surface area (Å²) in [6.07, 6.45) is 7.60. The number of unbranched alkanes of at least 4 members (excludes halogenated alkanes) is 3. The third-order valence-electron chi connectivity index (χ3n) is 2.56. The van der Waals surface area contributed by atoms with E-state index in [9.17, 15) is 0 Å². The van der Waals surface area contributed by atoms with Gasteiger partial charge < -0.3 is 0 Å². The molecule has 0 amide bonds. The first kappa shape index (κ1) is 19.1. The summed E-state index contributed by atoms with van der Waals surface area (Å²) in [6, 6.07) is 0. The Morgan fingerprint density at radius 1 is 0.789 bits per heavy atom. The molecule has 0 saturated carbocycles. The van der Waals surface area contributed by atoms with Gasteiger partial charge in [0, 0.05) is 0 Å². The number of hydrogen-bond donors (Lipinski definition) is 0. The third kappa shape index (κ3) is 9.64. The number of hydrogen-bond acceptors (Lipinski definition) is 4. The molecule has 0 aromatic rings. The van der Waals surface area contributed by atoms with Gasteiger partial charge in [0.15, 0.2) is 0 Å². The summed E-state index contributed by atoms with van der Waals surface area (Å²) >= 11 is -3.59. The Bertz CT molecular complexity index is 185. The summed E-state index contributed by atoms with van der Waals surface area (Å²) in [7, 11) is 0. The van der Waals surface area contributed by atoms with Gasteiger partial charge in [-0.1, -0.05) is 0 Å². The van der Waals surface area contributed by atoms with Crippen LogP contribution >= 0.6 is 0 Å². The van der Waals surface area contributed by atoms with Crippen molar-refractivity contribution in [2.75, 3.05) is 19.8 Å². The monoisotopic (exact) mass is 310 g/mol. The van der Waals surface area contributed by atoms with E-state index in [1.807, 2.05) is 0 Å². The molecule has 0 aliphatic rings. The second-order valence-corrected chi connectivity index (χ2v) is 7.67. The molecule has 0 aliphatic carbocycles. The molecular weight excluding hydrogens is 280 g/mol. The molecule has 0 rings (SSSR count). The summed E-state index contributed by atoms with van der Waals surface area (Å²) < 4.78 is 23.1. The second-order valence-electron chi connectivity index (χ2n) is 4.39. The van der Waals surface area contributed by atoms with Crippen LogP contribution in [0.5, 0.6) is 0 Å². The van der Waals surface area contributed by atoms with Crippen LogP contribution in [0.4, 0.5) is 0 Å². The average molecular weight is 310 g/mol. The van der Waals surface area contributed by atoms with Crippen molar-refractivity contribution in [1.29, 1.82) is 0 Å². The van der Waals surface area contributed by atoms with Crippen LogP contribution in [-0.4, -0.2) is 19.8 Å². The van der Waals surface area contributed by atoms with Crippen molar-refractivity contribution in [3.8, 4) is 0 Å². The van der Waals surface area contributed by atoms with Crippen LogP contribution in [0.1, 0.15) is 59.3 Å². The van der Waals surface area contributed by atoms with E-state index in [1.165, 1.54) is 6.26 Å². The molecule has 0 aliphatic heterocycles. The fraction of sp³-hybridized carbons (Fsp3) is 0.857. The van der Waals surface area contributed by atoms with Gasteiger partial charge in [0.2, 0.25) is 0 Å². The van der Waals surface area contributed by atoms with Crippen molar-refractivity contribution >= 4 is 0 Å². The van der Waals surface area contributed by atoms with Crippen LogP contribution in [0.25, 0.3) is 0 Å². The Hall–Kier alpha value is 0.134. The van der Waals surface area contributed by atoms with Gasteiger partial charge in [0.1, 0.15) is 0 Å². The van der Waals surface area contributed by atoms with Crippen LogP contribution in [0.3, 0.4) is 0 Å². The first-order chi connectivity index (χ1) is 9.24. The Kier molecular flexibility index (Phi) is 13.2. The van der Waals surface area contributed by atoms with Crippen molar-refractivity contribution in [3.05, 3.63) is 12.8 Å². The molecule has 0 saturated heterocycles. The van der Waals surface area contributed by atoms with Gasteiger partial charge in [-0.15, -0.1) is 0 Å². The van der Waals surface area contributed by atoms with Crippen LogP contribution in [0.2, 0.25) is 0 Å². The average Bonchev–Trinajstić information content (AvgIpc) is 2.40. The molecule has 0 unspecified atom stereocenters. The molecule has 0 atom stereocenters. The molecule has 0 heterocycles. The van der Waals surface area contributed by atoms with Gasteiger partial charge >= 0.3 is 123 Å². The van der Waals surface area contributed by atoms with E-state index >= 15 is 0 Å². The zero-order valence-electron chi connectivity index (χ0n) is 12.8. The predicted molar refractivity (Wildman–Crippen MR) is 73.9 cm³/mol. The minimum atomic E-state index is -3.59. The molecule has 0 N–H and O–H groups in total. The Balaban J connectivity index is 4.42. The summed E-state index contributed by atoms with van der Waals surface area (Å²) in [5.41, 5.74) is 0. The Labute approximate surface area is 123 Å². The van der Waals surface area contributed by atoms with Crippen LogP contribution in [-0.2, 0) is 31.4 Å². The minimum absolute atomic E-state index is 0.628. The van der Waals surface area contributed by atoms with E-state index in [1.54, 1.807) is 0 Å². The fourth-order valence-electron chi connectivity index (χ4n) is 1.35.